The topological polar surface area (TPSA) is 440 Å². The summed E-state index contributed by atoms with van der Waals surface area (Å²) in [5.41, 5.74) is 19.5. The molecule has 9 N–H and O–H groups in total. The van der Waals surface area contributed by atoms with Gasteiger partial charge in [0, 0.05) is 109 Å². The maximum Gasteiger partial charge on any atom is 0.333 e. The first-order valence-electron chi connectivity index (χ1n) is 40.1. The number of carbonyl (C=O) groups excluding carboxylic acids is 6. The van der Waals surface area contributed by atoms with Crippen LogP contribution in [0.3, 0.4) is 0 Å². The number of aromatic nitrogens is 8. The number of benzene rings is 4. The maximum absolute atomic E-state index is 12.8. The number of hydrogen-bond donors (Lipinski definition) is 9. The summed E-state index contributed by atoms with van der Waals surface area (Å²) < 4.78 is 116. The second-order valence-corrected chi connectivity index (χ2v) is 39.5. The number of aliphatic hydroxyl groups excluding tert-OH is 1. The molecule has 121 heavy (non-hydrogen) atoms. The average Bonchev–Trinajstić information content (AvgIpc) is 1.68. The number of anilines is 4. The Balaban J connectivity index is 0.000000158. The van der Waals surface area contributed by atoms with E-state index in [1.54, 1.807) is 49.5 Å². The Labute approximate surface area is 711 Å². The van der Waals surface area contributed by atoms with Gasteiger partial charge in [-0.2, -0.15) is 43.9 Å². The Bertz CT molecular complexity index is 5730. The van der Waals surface area contributed by atoms with Gasteiger partial charge in [0.05, 0.1) is 25.2 Å². The molecule has 654 valence electrons. The molecule has 4 heterocycles. The van der Waals surface area contributed by atoms with Gasteiger partial charge in [-0.1, -0.05) is 57.5 Å². The summed E-state index contributed by atoms with van der Waals surface area (Å²) >= 11 is 6.24. The number of urea groups is 4. The third-order valence-electron chi connectivity index (χ3n) is 22.0. The van der Waals surface area contributed by atoms with Crippen molar-refractivity contribution in [1.29, 1.82) is 0 Å². The first-order chi connectivity index (χ1) is 56.9. The van der Waals surface area contributed by atoms with Gasteiger partial charge in [0.15, 0.2) is 20.1 Å². The number of likely N-dealkylation sites (N-methyl/N-ethyl adjacent to an activating group) is 1. The van der Waals surface area contributed by atoms with Crippen LogP contribution in [0, 0.1) is 0 Å². The molecular formula is C81H109ClN20O15S4. The minimum absolute atomic E-state index is 0.00591. The van der Waals surface area contributed by atoms with E-state index < -0.39 is 75.2 Å². The van der Waals surface area contributed by atoms with Crippen molar-refractivity contribution in [3.8, 4) is 0 Å². The van der Waals surface area contributed by atoms with Crippen molar-refractivity contribution in [1.82, 2.24) is 77.2 Å². The number of hydrogen-bond acceptors (Lipinski definition) is 21. The van der Waals surface area contributed by atoms with Crippen LogP contribution in [0.25, 0.3) is 0 Å². The van der Waals surface area contributed by atoms with Crippen molar-refractivity contribution in [2.45, 2.75) is 188 Å². The van der Waals surface area contributed by atoms with Crippen LogP contribution in [0.1, 0.15) is 188 Å². The van der Waals surface area contributed by atoms with E-state index in [9.17, 15) is 62.4 Å². The minimum Gasteiger partial charge on any atom is -0.395 e. The smallest absolute Gasteiger partial charge is 0.333 e. The standard InChI is InChI=1S/C21H30ClN5O5S.C20H25N5O4S.2C20H27N5O3S/c1-12(2)15-9-14(22)10-16(13(3)4)19(15)23-21(30)25-33(31,32)18-11-17(27(6)24-18)20(29)26(5)7-8-28;1-24(2)19(26)16-11-17(22-25(16)3)30(28,29)23-20(27)21-18-14-8-4-6-12(14)10-13-7-5-9-15(13)18;1-24(2)11-17-19(21-12-25(17)3)29(27,28)23-20(26)22-18-15-8-4-6-13(15)10-14-7-5-9-16(14)18;1-24(2)11-17-21-18(12-25(17)3)29(27,28)23-20(26)22-19-15-8-4-6-13(15)10-14-7-5-9-16(14)19/h9-13,28H,7-8H2,1-6H3,(H2,23,25,30);10-11H,4-9H2,1-3H3,(H2,21,23,27);2*10,12H,4-9,11H2,1-3H3,(H2,22,23,26). The average molecular weight is 1770 g/mol. The Morgan fingerprint density at radius 1 is 0.446 bits per heavy atom. The summed E-state index contributed by atoms with van der Waals surface area (Å²) in [4.78, 5) is 89.7. The Morgan fingerprint density at radius 3 is 1.12 bits per heavy atom. The lowest BCUT2D eigenvalue weighted by Crippen LogP contribution is -2.36. The summed E-state index contributed by atoms with van der Waals surface area (Å²) in [7, 11) is 1.67. The Morgan fingerprint density at radius 2 is 0.785 bits per heavy atom. The molecule has 0 spiro atoms. The van der Waals surface area contributed by atoms with Crippen LogP contribution in [-0.4, -0.2) is 195 Å². The molecule has 35 nitrogen and oxygen atoms in total. The highest BCUT2D eigenvalue weighted by molar-refractivity contribution is 7.90. The van der Waals surface area contributed by atoms with E-state index in [4.69, 9.17) is 16.7 Å². The molecule has 8 aromatic rings. The van der Waals surface area contributed by atoms with Gasteiger partial charge in [0.2, 0.25) is 0 Å². The van der Waals surface area contributed by atoms with E-state index in [1.165, 1.54) is 81.5 Å². The van der Waals surface area contributed by atoms with Crippen LogP contribution in [0.15, 0.2) is 75.1 Å². The Kier molecular flexibility index (Phi) is 28.4. The normalized spacial score (nSPS) is 14.3. The largest absolute Gasteiger partial charge is 0.395 e. The number of sulfonamides is 4. The lowest BCUT2D eigenvalue weighted by atomic mass is 9.92. The first kappa shape index (κ1) is 91.5. The number of fused-ring (bicyclic) bond motifs is 6. The van der Waals surface area contributed by atoms with E-state index in [2.05, 4.69) is 69.1 Å². The molecule has 6 aliphatic rings. The molecule has 0 saturated carbocycles. The van der Waals surface area contributed by atoms with Gasteiger partial charge in [-0.25, -0.2) is 48.0 Å². The number of rotatable bonds is 22. The fraction of sp³-hybridized carbons (Fsp3) is 0.481. The summed E-state index contributed by atoms with van der Waals surface area (Å²) in [6, 6.07) is 9.23. The Hall–Kier alpha value is -10.3. The lowest BCUT2D eigenvalue weighted by molar-refractivity contribution is 0.0755. The number of nitrogens with one attached hydrogen (secondary N) is 8. The van der Waals surface area contributed by atoms with Crippen molar-refractivity contribution in [3.63, 3.8) is 0 Å². The molecule has 40 heteroatoms. The zero-order valence-electron chi connectivity index (χ0n) is 70.9. The molecule has 0 bridgehead atoms. The molecule has 4 aromatic heterocycles. The zero-order chi connectivity index (χ0) is 88.2. The van der Waals surface area contributed by atoms with Crippen LogP contribution < -0.4 is 40.2 Å². The predicted molar refractivity (Wildman–Crippen MR) is 458 cm³/mol. The minimum atomic E-state index is -4.37. The second kappa shape index (κ2) is 37.6. The van der Waals surface area contributed by atoms with E-state index in [0.717, 1.165) is 194 Å². The van der Waals surface area contributed by atoms with Gasteiger partial charge in [0.25, 0.3) is 51.9 Å². The third-order valence-corrected chi connectivity index (χ3v) is 27.1. The summed E-state index contributed by atoms with van der Waals surface area (Å²) in [6.45, 7) is 8.49. The quantitative estimate of drug-likeness (QED) is 0.0307. The van der Waals surface area contributed by atoms with Gasteiger partial charge in [-0.3, -0.25) is 19.0 Å². The highest BCUT2D eigenvalue weighted by Gasteiger charge is 2.35. The molecule has 0 fully saturated rings. The predicted octanol–water partition coefficient (Wildman–Crippen LogP) is 8.44. The summed E-state index contributed by atoms with van der Waals surface area (Å²) in [6.07, 6.45) is 20.6. The molecule has 0 atom stereocenters. The summed E-state index contributed by atoms with van der Waals surface area (Å²) in [5.74, 6) is -0.253. The molecule has 0 unspecified atom stereocenters. The molecule has 0 aliphatic heterocycles. The fourth-order valence-corrected chi connectivity index (χ4v) is 20.3. The van der Waals surface area contributed by atoms with Gasteiger partial charge in [-0.05, 0) is 246 Å². The van der Waals surface area contributed by atoms with Crippen LogP contribution in [0.4, 0.5) is 41.9 Å². The lowest BCUT2D eigenvalue weighted by Gasteiger charge is -2.21. The molecular weight excluding hydrogens is 1660 g/mol. The number of halogens is 1. The van der Waals surface area contributed by atoms with Crippen molar-refractivity contribution in [2.24, 2.45) is 28.2 Å². The van der Waals surface area contributed by atoms with Gasteiger partial charge in [0.1, 0.15) is 17.2 Å². The molecule has 10 amide bonds. The second-order valence-electron chi connectivity index (χ2n) is 32.5. The molecule has 14 rings (SSSR count). The van der Waals surface area contributed by atoms with Crippen molar-refractivity contribution < 1.29 is 67.5 Å². The number of carbonyl (C=O) groups is 6. The van der Waals surface area contributed by atoms with Crippen LogP contribution in [0.2, 0.25) is 5.02 Å². The van der Waals surface area contributed by atoms with Gasteiger partial charge >= 0.3 is 24.1 Å². The third kappa shape index (κ3) is 21.1. The van der Waals surface area contributed by atoms with E-state index in [-0.39, 0.29) is 57.4 Å². The number of amides is 10. The maximum atomic E-state index is 12.8. The van der Waals surface area contributed by atoms with Crippen molar-refractivity contribution in [2.75, 3.05) is 83.8 Å². The number of nitrogens with zero attached hydrogens (tertiary/aromatic N) is 12. The highest BCUT2D eigenvalue weighted by Crippen LogP contribution is 2.43. The zero-order valence-corrected chi connectivity index (χ0v) is 75.0. The number of aliphatic hydroxyl groups is 1. The first-order valence-corrected chi connectivity index (χ1v) is 46.4. The van der Waals surface area contributed by atoms with Crippen LogP contribution in [0.5, 0.6) is 0 Å². The molecule has 6 aliphatic carbocycles. The van der Waals surface area contributed by atoms with Crippen LogP contribution >= 0.6 is 11.6 Å². The summed E-state index contributed by atoms with van der Waals surface area (Å²) in [5, 5.41) is 27.3. The highest BCUT2D eigenvalue weighted by atomic mass is 35.5. The van der Waals surface area contributed by atoms with Crippen LogP contribution in [-0.2, 0) is 158 Å². The fourth-order valence-electron chi connectivity index (χ4n) is 16.2. The van der Waals surface area contributed by atoms with E-state index in [1.807, 2.05) is 75.1 Å². The number of aryl methyl sites for hydroxylation is 10. The van der Waals surface area contributed by atoms with E-state index >= 15 is 0 Å². The molecule has 0 radical (unpaired) electrons. The van der Waals surface area contributed by atoms with Gasteiger partial charge in [-0.15, -0.1) is 0 Å². The number of imidazole rings is 2. The van der Waals surface area contributed by atoms with E-state index in [0.29, 0.717) is 35.3 Å². The SMILES string of the molecule is CC(C)c1cc(Cl)cc(C(C)C)c1NC(=O)NS(=O)(=O)c1cc(C(=O)N(C)CCO)n(C)n1.CN(C)C(=O)c1cc(S(=O)(=O)NC(=O)Nc2c3c(cc4c2CCC4)CCC3)nn1C.CN(C)Cc1c(S(=O)(=O)NC(=O)Nc2c3c(cc4c2CCC4)CCC3)ncn1C.CN(C)Cc1nc(S(=O)(=O)NC(=O)Nc2c3c(cc4c2CCC4)CCC3)cn1C. The van der Waals surface area contributed by atoms with Crippen molar-refractivity contribution >= 4 is 110 Å². The molecule has 4 aromatic carbocycles. The van der Waals surface area contributed by atoms with Gasteiger partial charge < -0.3 is 55.1 Å². The monoisotopic (exact) mass is 1760 g/mol. The molecule has 0 saturated heterocycles. The van der Waals surface area contributed by atoms with Crippen molar-refractivity contribution in [3.05, 3.63) is 161 Å².